The van der Waals surface area contributed by atoms with Gasteiger partial charge in [0.1, 0.15) is 0 Å². The number of hydrogen-bond acceptors (Lipinski definition) is 2. The largest absolute Gasteiger partial charge is 0.313 e. The van der Waals surface area contributed by atoms with E-state index in [4.69, 9.17) is 0 Å². The maximum Gasteiger partial charge on any atom is 0.0107 e. The minimum absolute atomic E-state index is 0.683. The Hall–Kier alpha value is -0.0800. The van der Waals surface area contributed by atoms with E-state index >= 15 is 0 Å². The van der Waals surface area contributed by atoms with Crippen molar-refractivity contribution in [3.05, 3.63) is 0 Å². The van der Waals surface area contributed by atoms with Gasteiger partial charge in [0.25, 0.3) is 0 Å². The number of hydrogen-bond donors (Lipinski definition) is 1. The van der Waals surface area contributed by atoms with Gasteiger partial charge < -0.3 is 10.2 Å². The summed E-state index contributed by atoms with van der Waals surface area (Å²) in [4.78, 5) is 2.46. The fraction of sp³-hybridized carbons (Fsp3) is 1.00. The van der Waals surface area contributed by atoms with Gasteiger partial charge in [0.15, 0.2) is 0 Å². The molecule has 0 spiro atoms. The van der Waals surface area contributed by atoms with Crippen molar-refractivity contribution in [2.24, 2.45) is 11.8 Å². The highest BCUT2D eigenvalue weighted by Gasteiger charge is 2.27. The van der Waals surface area contributed by atoms with Gasteiger partial charge in [-0.25, -0.2) is 0 Å². The monoisotopic (exact) mass is 212 g/mol. The van der Waals surface area contributed by atoms with Crippen molar-refractivity contribution < 1.29 is 0 Å². The van der Waals surface area contributed by atoms with Crippen molar-refractivity contribution in [1.82, 2.24) is 10.2 Å². The summed E-state index contributed by atoms with van der Waals surface area (Å²) in [6.07, 6.45) is 2.87. The molecule has 1 aliphatic rings. The van der Waals surface area contributed by atoms with Gasteiger partial charge in [-0.2, -0.15) is 0 Å². The summed E-state index contributed by atoms with van der Waals surface area (Å²) in [5.74, 6) is 1.72. The third-order valence-corrected chi connectivity index (χ3v) is 3.92. The molecular weight excluding hydrogens is 184 g/mol. The highest BCUT2D eigenvalue weighted by molar-refractivity contribution is 4.83. The molecule has 1 aliphatic carbocycles. The van der Waals surface area contributed by atoms with Crippen LogP contribution in [0.25, 0.3) is 0 Å². The van der Waals surface area contributed by atoms with Crippen molar-refractivity contribution in [2.75, 3.05) is 20.1 Å². The third-order valence-electron chi connectivity index (χ3n) is 3.92. The summed E-state index contributed by atoms with van der Waals surface area (Å²) < 4.78 is 0. The zero-order valence-electron chi connectivity index (χ0n) is 11.1. The quantitative estimate of drug-likeness (QED) is 0.697. The summed E-state index contributed by atoms with van der Waals surface area (Å²) in [6.45, 7) is 11.5. The van der Waals surface area contributed by atoms with Gasteiger partial charge in [-0.3, -0.25) is 0 Å². The van der Waals surface area contributed by atoms with Gasteiger partial charge in [0, 0.05) is 25.2 Å². The first-order chi connectivity index (χ1) is 7.02. The second kappa shape index (κ2) is 5.86. The SMILES string of the molecule is CC(C)C(C)N(C)CCNC(C)C1CC1. The molecule has 0 saturated heterocycles. The fourth-order valence-corrected chi connectivity index (χ4v) is 1.94. The molecule has 0 radical (unpaired) electrons. The topological polar surface area (TPSA) is 15.3 Å². The maximum absolute atomic E-state index is 3.63. The van der Waals surface area contributed by atoms with Crippen LogP contribution in [-0.4, -0.2) is 37.1 Å². The van der Waals surface area contributed by atoms with Crippen LogP contribution >= 0.6 is 0 Å². The fourth-order valence-electron chi connectivity index (χ4n) is 1.94. The smallest absolute Gasteiger partial charge is 0.0107 e. The van der Waals surface area contributed by atoms with E-state index in [1.54, 1.807) is 0 Å². The van der Waals surface area contributed by atoms with Crippen molar-refractivity contribution in [3.63, 3.8) is 0 Å². The van der Waals surface area contributed by atoms with E-state index in [9.17, 15) is 0 Å². The van der Waals surface area contributed by atoms with Crippen LogP contribution in [0.3, 0.4) is 0 Å². The molecule has 0 aromatic carbocycles. The molecule has 2 atom stereocenters. The molecule has 1 N–H and O–H groups in total. The Balaban J connectivity index is 2.07. The first-order valence-corrected chi connectivity index (χ1v) is 6.46. The molecule has 2 nitrogen and oxygen atoms in total. The van der Waals surface area contributed by atoms with Crippen molar-refractivity contribution >= 4 is 0 Å². The van der Waals surface area contributed by atoms with Crippen LogP contribution in [0.5, 0.6) is 0 Å². The molecule has 0 aromatic heterocycles. The highest BCUT2D eigenvalue weighted by Crippen LogP contribution is 2.32. The van der Waals surface area contributed by atoms with Crippen molar-refractivity contribution in [2.45, 2.75) is 52.6 Å². The minimum atomic E-state index is 0.683. The second-order valence-electron chi connectivity index (χ2n) is 5.55. The molecule has 0 heterocycles. The molecule has 1 saturated carbocycles. The summed E-state index contributed by atoms with van der Waals surface area (Å²) in [5, 5.41) is 3.63. The first-order valence-electron chi connectivity index (χ1n) is 6.46. The lowest BCUT2D eigenvalue weighted by Gasteiger charge is -2.28. The first kappa shape index (κ1) is 13.0. The van der Waals surface area contributed by atoms with E-state index in [-0.39, 0.29) is 0 Å². The van der Waals surface area contributed by atoms with Crippen LogP contribution in [0.1, 0.15) is 40.5 Å². The van der Waals surface area contributed by atoms with Crippen LogP contribution in [0.2, 0.25) is 0 Å². The Morgan fingerprint density at radius 3 is 2.27 bits per heavy atom. The van der Waals surface area contributed by atoms with E-state index in [0.29, 0.717) is 6.04 Å². The third kappa shape index (κ3) is 4.52. The molecule has 2 heteroatoms. The van der Waals surface area contributed by atoms with Crippen LogP contribution in [0, 0.1) is 11.8 Å². The minimum Gasteiger partial charge on any atom is -0.313 e. The number of nitrogens with zero attached hydrogens (tertiary/aromatic N) is 1. The number of likely N-dealkylation sites (N-methyl/N-ethyl adjacent to an activating group) is 1. The molecule has 90 valence electrons. The standard InChI is InChI=1S/C13H28N2/c1-10(2)12(4)15(5)9-8-14-11(3)13-6-7-13/h10-14H,6-9H2,1-5H3. The Morgan fingerprint density at radius 1 is 1.20 bits per heavy atom. The van der Waals surface area contributed by atoms with E-state index in [0.717, 1.165) is 31.0 Å². The summed E-state index contributed by atoms with van der Waals surface area (Å²) in [7, 11) is 2.23. The summed E-state index contributed by atoms with van der Waals surface area (Å²) >= 11 is 0. The molecular formula is C13H28N2. The van der Waals surface area contributed by atoms with Crippen LogP contribution in [-0.2, 0) is 0 Å². The van der Waals surface area contributed by atoms with E-state index in [1.165, 1.54) is 12.8 Å². The normalized spacial score (nSPS) is 21.0. The predicted molar refractivity (Wildman–Crippen MR) is 67.1 cm³/mol. The van der Waals surface area contributed by atoms with Gasteiger partial charge in [0.05, 0.1) is 0 Å². The predicted octanol–water partition coefficient (Wildman–Crippen LogP) is 2.35. The van der Waals surface area contributed by atoms with E-state index < -0.39 is 0 Å². The molecule has 1 rings (SSSR count). The van der Waals surface area contributed by atoms with Gasteiger partial charge in [-0.1, -0.05) is 13.8 Å². The van der Waals surface area contributed by atoms with Gasteiger partial charge in [-0.05, 0) is 45.6 Å². The molecule has 15 heavy (non-hydrogen) atoms. The Labute approximate surface area is 95.4 Å². The van der Waals surface area contributed by atoms with E-state index in [1.807, 2.05) is 0 Å². The average Bonchev–Trinajstić information content (AvgIpc) is 2.99. The summed E-state index contributed by atoms with van der Waals surface area (Å²) in [6, 6.07) is 1.41. The molecule has 0 amide bonds. The average molecular weight is 212 g/mol. The molecule has 2 unspecified atom stereocenters. The lowest BCUT2D eigenvalue weighted by atomic mass is 10.1. The van der Waals surface area contributed by atoms with Crippen LogP contribution < -0.4 is 5.32 Å². The number of nitrogens with one attached hydrogen (secondary N) is 1. The lowest BCUT2D eigenvalue weighted by Crippen LogP contribution is -2.40. The van der Waals surface area contributed by atoms with Crippen LogP contribution in [0.4, 0.5) is 0 Å². The molecule has 0 aromatic rings. The molecule has 1 fully saturated rings. The molecule has 0 aliphatic heterocycles. The van der Waals surface area contributed by atoms with Crippen molar-refractivity contribution in [1.29, 1.82) is 0 Å². The van der Waals surface area contributed by atoms with Gasteiger partial charge in [-0.15, -0.1) is 0 Å². The molecule has 0 bridgehead atoms. The number of rotatable bonds is 7. The Bertz CT molecular complexity index is 175. The zero-order valence-corrected chi connectivity index (χ0v) is 11.1. The maximum atomic E-state index is 3.63. The van der Waals surface area contributed by atoms with Crippen molar-refractivity contribution in [3.8, 4) is 0 Å². The lowest BCUT2D eigenvalue weighted by molar-refractivity contribution is 0.206. The second-order valence-corrected chi connectivity index (χ2v) is 5.55. The Morgan fingerprint density at radius 2 is 1.80 bits per heavy atom. The van der Waals surface area contributed by atoms with Gasteiger partial charge in [0.2, 0.25) is 0 Å². The Kier molecular flexibility index (Phi) is 5.07. The summed E-state index contributed by atoms with van der Waals surface area (Å²) in [5.41, 5.74) is 0. The van der Waals surface area contributed by atoms with Gasteiger partial charge >= 0.3 is 0 Å². The van der Waals surface area contributed by atoms with E-state index in [2.05, 4.69) is 45.0 Å². The highest BCUT2D eigenvalue weighted by atomic mass is 15.1. The van der Waals surface area contributed by atoms with Crippen LogP contribution in [0.15, 0.2) is 0 Å². The zero-order chi connectivity index (χ0) is 11.4.